The van der Waals surface area contributed by atoms with Crippen LogP contribution in [0.5, 0.6) is 0 Å². The van der Waals surface area contributed by atoms with E-state index in [1.165, 1.54) is 25.9 Å². The van der Waals surface area contributed by atoms with E-state index in [-0.39, 0.29) is 0 Å². The van der Waals surface area contributed by atoms with Gasteiger partial charge in [0.1, 0.15) is 0 Å². The number of aliphatic hydroxyl groups is 1. The van der Waals surface area contributed by atoms with E-state index in [1.54, 1.807) is 0 Å². The molecule has 1 aliphatic heterocycles. The molecule has 0 radical (unpaired) electrons. The molecule has 1 rings (SSSR count). The Morgan fingerprint density at radius 1 is 1.46 bits per heavy atom. The van der Waals surface area contributed by atoms with Gasteiger partial charge in [0.25, 0.3) is 0 Å². The lowest BCUT2D eigenvalue weighted by atomic mass is 10.0. The maximum absolute atomic E-state index is 9.10. The van der Waals surface area contributed by atoms with Crippen LogP contribution >= 0.6 is 0 Å². The largest absolute Gasteiger partial charge is 0.396 e. The molecule has 0 bridgehead atoms. The summed E-state index contributed by atoms with van der Waals surface area (Å²) in [7, 11) is 0. The molecule has 2 atom stereocenters. The molecule has 1 saturated heterocycles. The molecule has 13 heavy (non-hydrogen) atoms. The molecule has 0 saturated carbocycles. The van der Waals surface area contributed by atoms with Crippen LogP contribution in [0.3, 0.4) is 0 Å². The zero-order valence-corrected chi connectivity index (χ0v) is 9.16. The second-order valence-electron chi connectivity index (χ2n) is 4.69. The van der Waals surface area contributed by atoms with Gasteiger partial charge in [-0.25, -0.2) is 0 Å². The molecule has 0 aromatic rings. The minimum Gasteiger partial charge on any atom is -0.396 e. The first-order chi connectivity index (χ1) is 6.15. The van der Waals surface area contributed by atoms with Crippen molar-refractivity contribution in [2.24, 2.45) is 11.8 Å². The maximum Gasteiger partial charge on any atom is 0.0474 e. The highest BCUT2D eigenvalue weighted by Gasteiger charge is 2.29. The first kappa shape index (κ1) is 11.0. The molecule has 0 amide bonds. The fraction of sp³-hybridized carbons (Fsp3) is 1.00. The Morgan fingerprint density at radius 3 is 2.62 bits per heavy atom. The molecule has 0 spiro atoms. The highest BCUT2D eigenvalue weighted by Crippen LogP contribution is 2.23. The van der Waals surface area contributed by atoms with Crippen molar-refractivity contribution in [2.75, 3.05) is 19.7 Å². The predicted octanol–water partition coefficient (Wildman–Crippen LogP) is 1.74. The average Bonchev–Trinajstić information content (AvgIpc) is 2.43. The van der Waals surface area contributed by atoms with Gasteiger partial charge in [-0.05, 0) is 44.7 Å². The fourth-order valence-corrected chi connectivity index (χ4v) is 2.06. The first-order valence-corrected chi connectivity index (χ1v) is 5.50. The van der Waals surface area contributed by atoms with E-state index in [0.29, 0.717) is 18.6 Å². The molecule has 1 aliphatic rings. The van der Waals surface area contributed by atoms with Gasteiger partial charge in [-0.2, -0.15) is 0 Å². The summed E-state index contributed by atoms with van der Waals surface area (Å²) in [5.41, 5.74) is 0. The highest BCUT2D eigenvalue weighted by molar-refractivity contribution is 4.83. The van der Waals surface area contributed by atoms with Crippen LogP contribution in [0.1, 0.15) is 33.6 Å². The SMILES string of the molecule is CC(C)CCN1CCC(CO)C1C. The third kappa shape index (κ3) is 2.96. The quantitative estimate of drug-likeness (QED) is 0.721. The van der Waals surface area contributed by atoms with Gasteiger partial charge < -0.3 is 10.0 Å². The Hall–Kier alpha value is -0.0800. The van der Waals surface area contributed by atoms with Gasteiger partial charge in [-0.3, -0.25) is 0 Å². The van der Waals surface area contributed by atoms with Crippen molar-refractivity contribution in [1.82, 2.24) is 4.90 Å². The standard InChI is InChI=1S/C11H23NO/c1-9(2)4-6-12-7-5-11(8-13)10(12)3/h9-11,13H,4-8H2,1-3H3. The summed E-state index contributed by atoms with van der Waals surface area (Å²) < 4.78 is 0. The molecule has 0 aromatic carbocycles. The lowest BCUT2D eigenvalue weighted by Gasteiger charge is -2.24. The summed E-state index contributed by atoms with van der Waals surface area (Å²) in [6, 6.07) is 0.587. The number of rotatable bonds is 4. The third-order valence-corrected chi connectivity index (χ3v) is 3.27. The smallest absolute Gasteiger partial charge is 0.0474 e. The number of hydrogen-bond acceptors (Lipinski definition) is 2. The van der Waals surface area contributed by atoms with Crippen LogP contribution in [0.15, 0.2) is 0 Å². The van der Waals surface area contributed by atoms with Crippen LogP contribution in [0.4, 0.5) is 0 Å². The zero-order chi connectivity index (χ0) is 9.84. The van der Waals surface area contributed by atoms with Gasteiger partial charge >= 0.3 is 0 Å². The van der Waals surface area contributed by atoms with Crippen molar-refractivity contribution in [3.8, 4) is 0 Å². The van der Waals surface area contributed by atoms with Crippen molar-refractivity contribution in [1.29, 1.82) is 0 Å². The molecule has 2 heteroatoms. The molecule has 2 nitrogen and oxygen atoms in total. The Kier molecular flexibility index (Phi) is 4.20. The van der Waals surface area contributed by atoms with Crippen LogP contribution in [0.2, 0.25) is 0 Å². The summed E-state index contributed by atoms with van der Waals surface area (Å²) in [6.45, 7) is 9.52. The number of nitrogens with zero attached hydrogens (tertiary/aromatic N) is 1. The van der Waals surface area contributed by atoms with Crippen molar-refractivity contribution < 1.29 is 5.11 Å². The van der Waals surface area contributed by atoms with Crippen LogP contribution in [0.25, 0.3) is 0 Å². The van der Waals surface area contributed by atoms with E-state index in [0.717, 1.165) is 5.92 Å². The number of hydrogen-bond donors (Lipinski definition) is 1. The van der Waals surface area contributed by atoms with Gasteiger partial charge in [-0.15, -0.1) is 0 Å². The van der Waals surface area contributed by atoms with E-state index < -0.39 is 0 Å². The fourth-order valence-electron chi connectivity index (χ4n) is 2.06. The molecule has 2 unspecified atom stereocenters. The Bertz CT molecular complexity index is 147. The molecule has 1 N–H and O–H groups in total. The van der Waals surface area contributed by atoms with Crippen molar-refractivity contribution in [2.45, 2.75) is 39.7 Å². The summed E-state index contributed by atoms with van der Waals surface area (Å²) in [5.74, 6) is 1.31. The normalized spacial score (nSPS) is 30.2. The van der Waals surface area contributed by atoms with Crippen LogP contribution < -0.4 is 0 Å². The Morgan fingerprint density at radius 2 is 2.15 bits per heavy atom. The molecular formula is C11H23NO. The molecule has 0 aromatic heterocycles. The van der Waals surface area contributed by atoms with Gasteiger partial charge in [-0.1, -0.05) is 13.8 Å². The maximum atomic E-state index is 9.10. The van der Waals surface area contributed by atoms with Gasteiger partial charge in [0.2, 0.25) is 0 Å². The third-order valence-electron chi connectivity index (χ3n) is 3.27. The number of aliphatic hydroxyl groups excluding tert-OH is 1. The highest BCUT2D eigenvalue weighted by atomic mass is 16.3. The van der Waals surface area contributed by atoms with E-state index in [4.69, 9.17) is 5.11 Å². The molecule has 78 valence electrons. The van der Waals surface area contributed by atoms with E-state index >= 15 is 0 Å². The van der Waals surface area contributed by atoms with Crippen LogP contribution in [-0.4, -0.2) is 35.7 Å². The average molecular weight is 185 g/mol. The lowest BCUT2D eigenvalue weighted by molar-refractivity contribution is 0.172. The van der Waals surface area contributed by atoms with Gasteiger partial charge in [0.15, 0.2) is 0 Å². The second-order valence-corrected chi connectivity index (χ2v) is 4.69. The summed E-state index contributed by atoms with van der Waals surface area (Å²) in [6.07, 6.45) is 2.46. The molecule has 1 fully saturated rings. The monoisotopic (exact) mass is 185 g/mol. The van der Waals surface area contributed by atoms with E-state index in [1.807, 2.05) is 0 Å². The van der Waals surface area contributed by atoms with E-state index in [9.17, 15) is 0 Å². The Labute approximate surface area is 81.9 Å². The minimum absolute atomic E-state index is 0.360. The Balaban J connectivity index is 2.28. The van der Waals surface area contributed by atoms with Crippen molar-refractivity contribution >= 4 is 0 Å². The van der Waals surface area contributed by atoms with Gasteiger partial charge in [0, 0.05) is 12.6 Å². The van der Waals surface area contributed by atoms with Crippen molar-refractivity contribution in [3.05, 3.63) is 0 Å². The summed E-state index contributed by atoms with van der Waals surface area (Å²) in [5, 5.41) is 9.10. The summed E-state index contributed by atoms with van der Waals surface area (Å²) >= 11 is 0. The topological polar surface area (TPSA) is 23.5 Å². The number of likely N-dealkylation sites (tertiary alicyclic amines) is 1. The predicted molar refractivity (Wildman–Crippen MR) is 55.7 cm³/mol. The molecule has 0 aliphatic carbocycles. The summed E-state index contributed by atoms with van der Waals surface area (Å²) in [4.78, 5) is 2.51. The first-order valence-electron chi connectivity index (χ1n) is 5.50. The molecular weight excluding hydrogens is 162 g/mol. The second kappa shape index (κ2) is 4.97. The lowest BCUT2D eigenvalue weighted by Crippen LogP contribution is -2.32. The van der Waals surface area contributed by atoms with E-state index in [2.05, 4.69) is 25.7 Å². The van der Waals surface area contributed by atoms with Crippen LogP contribution in [-0.2, 0) is 0 Å². The minimum atomic E-state index is 0.360. The van der Waals surface area contributed by atoms with Crippen LogP contribution in [0, 0.1) is 11.8 Å². The van der Waals surface area contributed by atoms with Crippen molar-refractivity contribution in [3.63, 3.8) is 0 Å². The zero-order valence-electron chi connectivity index (χ0n) is 9.16. The molecule has 1 heterocycles. The van der Waals surface area contributed by atoms with Gasteiger partial charge in [0.05, 0.1) is 0 Å².